The molecule has 1 atom stereocenters. The van der Waals surface area contributed by atoms with Gasteiger partial charge < -0.3 is 14.7 Å². The molecule has 0 saturated carbocycles. The van der Waals surface area contributed by atoms with Crippen LogP contribution >= 0.6 is 0 Å². The lowest BCUT2D eigenvalue weighted by atomic mass is 9.81. The number of aryl methyl sites for hydroxylation is 2. The van der Waals surface area contributed by atoms with Gasteiger partial charge in [-0.25, -0.2) is 4.79 Å². The minimum atomic E-state index is -1.11. The van der Waals surface area contributed by atoms with Gasteiger partial charge in [-0.2, -0.15) is 0 Å². The van der Waals surface area contributed by atoms with E-state index in [0.29, 0.717) is 11.5 Å². The molecule has 0 unspecified atom stereocenters. The van der Waals surface area contributed by atoms with Gasteiger partial charge in [-0.1, -0.05) is 70.2 Å². The molecule has 6 nitrogen and oxygen atoms in total. The second-order valence-corrected chi connectivity index (χ2v) is 15.4. The average molecular weight is 612 g/mol. The second-order valence-electron chi connectivity index (χ2n) is 15.4. The molecule has 0 aliphatic carbocycles. The fourth-order valence-electron chi connectivity index (χ4n) is 6.92. The molecule has 0 spiro atoms. The minimum absolute atomic E-state index is 0.260. The number of pyridine rings is 1. The highest BCUT2D eigenvalue weighted by atomic mass is 16.5. The number of hydrogen-bond acceptors (Lipinski definition) is 5. The summed E-state index contributed by atoms with van der Waals surface area (Å²) in [4.78, 5) is 22.7. The number of hydrogen-bond donors (Lipinski definition) is 1. The van der Waals surface area contributed by atoms with E-state index < -0.39 is 17.7 Å². The molecule has 0 amide bonds. The summed E-state index contributed by atoms with van der Waals surface area (Å²) in [7, 11) is 0. The van der Waals surface area contributed by atoms with E-state index in [1.165, 1.54) is 22.3 Å². The second kappa shape index (κ2) is 12.9. The fraction of sp³-hybridized carbons (Fsp3) is 0.538. The Morgan fingerprint density at radius 3 is 2.24 bits per heavy atom. The van der Waals surface area contributed by atoms with Crippen molar-refractivity contribution in [3.05, 3.63) is 81.7 Å². The number of piperidine rings is 1. The molecule has 1 saturated heterocycles. The molecule has 3 aromatic rings. The molecule has 6 heteroatoms. The molecule has 45 heavy (non-hydrogen) atoms. The summed E-state index contributed by atoms with van der Waals surface area (Å²) in [5.41, 5.74) is 10.6. The summed E-state index contributed by atoms with van der Waals surface area (Å²) in [5.74, 6) is -0.436. The summed E-state index contributed by atoms with van der Waals surface area (Å²) in [5, 5.41) is 10.5. The van der Waals surface area contributed by atoms with Gasteiger partial charge in [0.1, 0.15) is 0 Å². The molecular weight excluding hydrogens is 558 g/mol. The maximum Gasteiger partial charge on any atom is 0.337 e. The Morgan fingerprint density at radius 2 is 1.64 bits per heavy atom. The zero-order valence-corrected chi connectivity index (χ0v) is 29.0. The predicted octanol–water partition coefficient (Wildman–Crippen LogP) is 8.61. The standard InChI is InChI=1S/C39H53N3O3/c1-25(2)29-12-10-28(11-13-29)23-41-19-16-30-22-31(14-15-32(30)24-41)33-26(3)40-27(4)34(36(37(43)44)45-38(5,6)7)35(33)42-20-17-39(8,9)18-21-42/h10-15,22,25,36H,16-21,23-24H2,1-9H3,(H,43,44)/t36-/m0/s1. The highest BCUT2D eigenvalue weighted by Gasteiger charge is 2.36. The number of aromatic nitrogens is 1. The Labute approximate surface area is 270 Å². The van der Waals surface area contributed by atoms with Crippen molar-refractivity contribution in [2.45, 2.75) is 112 Å². The van der Waals surface area contributed by atoms with Crippen molar-refractivity contribution in [2.75, 3.05) is 24.5 Å². The normalized spacial score (nSPS) is 17.8. The SMILES string of the molecule is Cc1nc(C)c([C@H](OC(C)(C)C)C(=O)O)c(N2CCC(C)(C)CC2)c1-c1ccc2c(c1)CCN(Cc1ccc(C(C)C)cc1)C2. The van der Waals surface area contributed by atoms with Gasteiger partial charge in [0.25, 0.3) is 0 Å². The summed E-state index contributed by atoms with van der Waals surface area (Å²) in [6.07, 6.45) is 1.97. The number of fused-ring (bicyclic) bond motifs is 1. The topological polar surface area (TPSA) is 65.9 Å². The molecule has 1 fully saturated rings. The molecule has 1 aromatic heterocycles. The van der Waals surface area contributed by atoms with Crippen molar-refractivity contribution in [1.29, 1.82) is 0 Å². The fourth-order valence-corrected chi connectivity index (χ4v) is 6.92. The first-order valence-corrected chi connectivity index (χ1v) is 16.7. The van der Waals surface area contributed by atoms with E-state index in [2.05, 4.69) is 86.9 Å². The van der Waals surface area contributed by atoms with Crippen molar-refractivity contribution >= 4 is 11.7 Å². The number of carboxylic acids is 1. The van der Waals surface area contributed by atoms with Gasteiger partial charge in [-0.3, -0.25) is 9.88 Å². The molecule has 1 N–H and O–H groups in total. The quantitative estimate of drug-likeness (QED) is 0.275. The maximum absolute atomic E-state index is 12.8. The van der Waals surface area contributed by atoms with Crippen LogP contribution in [0.1, 0.15) is 113 Å². The Morgan fingerprint density at radius 1 is 0.978 bits per heavy atom. The number of rotatable bonds is 8. The number of carbonyl (C=O) groups is 1. The summed E-state index contributed by atoms with van der Waals surface area (Å²) < 4.78 is 6.27. The third kappa shape index (κ3) is 7.61. The number of nitrogens with zero attached hydrogens (tertiary/aromatic N) is 3. The first-order valence-electron chi connectivity index (χ1n) is 16.7. The molecule has 2 aliphatic heterocycles. The largest absolute Gasteiger partial charge is 0.479 e. The Hall–Kier alpha value is -3.22. The zero-order valence-electron chi connectivity index (χ0n) is 29.0. The Kier molecular flexibility index (Phi) is 9.49. The van der Waals surface area contributed by atoms with Gasteiger partial charge in [0.2, 0.25) is 0 Å². The molecule has 2 aliphatic rings. The van der Waals surface area contributed by atoms with Crippen LogP contribution in [0.3, 0.4) is 0 Å². The van der Waals surface area contributed by atoms with Gasteiger partial charge in [0, 0.05) is 55.2 Å². The van der Waals surface area contributed by atoms with Gasteiger partial charge in [0.05, 0.1) is 11.3 Å². The van der Waals surface area contributed by atoms with E-state index in [1.807, 2.05) is 27.7 Å². The molecule has 3 heterocycles. The number of ether oxygens (including phenoxy) is 1. The van der Waals surface area contributed by atoms with Gasteiger partial charge in [0.15, 0.2) is 6.10 Å². The van der Waals surface area contributed by atoms with Crippen LogP contribution in [-0.2, 0) is 29.0 Å². The third-order valence-corrected chi connectivity index (χ3v) is 9.61. The van der Waals surface area contributed by atoms with Crippen LogP contribution in [0.5, 0.6) is 0 Å². The van der Waals surface area contributed by atoms with E-state index in [1.54, 1.807) is 0 Å². The first-order chi connectivity index (χ1) is 21.1. The van der Waals surface area contributed by atoms with Crippen molar-refractivity contribution in [3.63, 3.8) is 0 Å². The number of carboxylic acid groups (broad SMARTS) is 1. The van der Waals surface area contributed by atoms with E-state index in [0.717, 1.165) is 80.2 Å². The number of benzene rings is 2. The zero-order chi connectivity index (χ0) is 32.7. The van der Waals surface area contributed by atoms with Crippen molar-refractivity contribution < 1.29 is 14.6 Å². The van der Waals surface area contributed by atoms with E-state index in [4.69, 9.17) is 9.72 Å². The van der Waals surface area contributed by atoms with Crippen molar-refractivity contribution in [3.8, 4) is 11.1 Å². The summed E-state index contributed by atoms with van der Waals surface area (Å²) >= 11 is 0. The third-order valence-electron chi connectivity index (χ3n) is 9.61. The van der Waals surface area contributed by atoms with Crippen LogP contribution in [0.4, 0.5) is 5.69 Å². The van der Waals surface area contributed by atoms with Crippen LogP contribution < -0.4 is 4.90 Å². The minimum Gasteiger partial charge on any atom is -0.479 e. The van der Waals surface area contributed by atoms with Crippen molar-refractivity contribution in [2.24, 2.45) is 5.41 Å². The summed E-state index contributed by atoms with van der Waals surface area (Å²) in [6, 6.07) is 15.9. The van der Waals surface area contributed by atoms with Crippen LogP contribution in [0.2, 0.25) is 0 Å². The lowest BCUT2D eigenvalue weighted by molar-refractivity contribution is -0.160. The van der Waals surface area contributed by atoms with Crippen LogP contribution in [-0.4, -0.2) is 46.2 Å². The van der Waals surface area contributed by atoms with Crippen LogP contribution in [0.25, 0.3) is 11.1 Å². The number of aliphatic carboxylic acids is 1. The molecule has 0 radical (unpaired) electrons. The molecule has 2 aromatic carbocycles. The van der Waals surface area contributed by atoms with Crippen LogP contribution in [0, 0.1) is 19.3 Å². The van der Waals surface area contributed by atoms with E-state index in [-0.39, 0.29) is 5.41 Å². The van der Waals surface area contributed by atoms with Gasteiger partial charge in [-0.05, 0) is 93.0 Å². The lowest BCUT2D eigenvalue weighted by Crippen LogP contribution is -2.39. The summed E-state index contributed by atoms with van der Waals surface area (Å²) in [6.45, 7) is 23.5. The Bertz CT molecular complexity index is 1520. The highest BCUT2D eigenvalue weighted by molar-refractivity contribution is 5.88. The smallest absolute Gasteiger partial charge is 0.337 e. The number of anilines is 1. The van der Waals surface area contributed by atoms with E-state index >= 15 is 0 Å². The molecule has 5 rings (SSSR count). The molecule has 0 bridgehead atoms. The maximum atomic E-state index is 12.8. The predicted molar refractivity (Wildman–Crippen MR) is 184 cm³/mol. The first kappa shape index (κ1) is 33.2. The van der Waals surface area contributed by atoms with Gasteiger partial charge in [-0.15, -0.1) is 0 Å². The average Bonchev–Trinajstić information content (AvgIpc) is 2.95. The molecular formula is C39H53N3O3. The van der Waals surface area contributed by atoms with Gasteiger partial charge >= 0.3 is 5.97 Å². The lowest BCUT2D eigenvalue weighted by Gasteiger charge is -2.41. The van der Waals surface area contributed by atoms with E-state index in [9.17, 15) is 9.90 Å². The Balaban J connectivity index is 1.53. The monoisotopic (exact) mass is 611 g/mol. The van der Waals surface area contributed by atoms with Crippen LogP contribution in [0.15, 0.2) is 42.5 Å². The highest BCUT2D eigenvalue weighted by Crippen LogP contribution is 2.45. The van der Waals surface area contributed by atoms with Crippen molar-refractivity contribution in [1.82, 2.24) is 9.88 Å². The molecule has 242 valence electrons.